The summed E-state index contributed by atoms with van der Waals surface area (Å²) >= 11 is 0. The van der Waals surface area contributed by atoms with Crippen LogP contribution in [0.3, 0.4) is 0 Å². The number of anilines is 10. The van der Waals surface area contributed by atoms with Crippen LogP contribution < -0.4 is 36.0 Å². The Labute approximate surface area is 447 Å². The zero-order chi connectivity index (χ0) is 51.4. The van der Waals surface area contributed by atoms with E-state index in [1.165, 1.54) is 151 Å². The summed E-state index contributed by atoms with van der Waals surface area (Å²) < 4.78 is 0. The summed E-state index contributed by atoms with van der Waals surface area (Å²) in [7, 11) is 0. The lowest BCUT2D eigenvalue weighted by Crippen LogP contribution is -2.61. The number of nitrogens with zero attached hydrogens (tertiary/aromatic N) is 4. The smallest absolute Gasteiger partial charge is 0.252 e. The number of hydrogen-bond acceptors (Lipinski definition) is 4. The fraction of sp³-hybridized carbons (Fsp3) is 0.314. The van der Waals surface area contributed by atoms with Gasteiger partial charge < -0.3 is 19.6 Å². The number of benzene rings is 8. The highest BCUT2D eigenvalue weighted by atomic mass is 15.3. The summed E-state index contributed by atoms with van der Waals surface area (Å²) in [6.45, 7) is 22.0. The molecule has 2 saturated carbocycles. The van der Waals surface area contributed by atoms with Gasteiger partial charge in [-0.1, -0.05) is 169 Å². The van der Waals surface area contributed by atoms with E-state index in [9.17, 15) is 0 Å². The largest absolute Gasteiger partial charge is 0.334 e. The van der Waals surface area contributed by atoms with Gasteiger partial charge in [0.05, 0.1) is 11.1 Å². The Balaban J connectivity index is 1.06. The van der Waals surface area contributed by atoms with Gasteiger partial charge in [-0.05, 0) is 175 Å². The number of fused-ring (bicyclic) bond motifs is 10. The molecule has 8 aromatic rings. The molecule has 2 fully saturated rings. The highest BCUT2D eigenvalue weighted by molar-refractivity contribution is 7.00. The lowest BCUT2D eigenvalue weighted by atomic mass is 9.33. The first-order chi connectivity index (χ1) is 36.1. The van der Waals surface area contributed by atoms with Crippen molar-refractivity contribution in [3.63, 3.8) is 0 Å². The molecule has 0 N–H and O–H groups in total. The standard InChI is InChI=1S/C70H71BN4/c1-46-40-47(2)65-56(41-46)68(7)37-19-21-39-70(68,9)75(65)54-44-62-64-63(45-54)73(52-31-29-50(30-32-52)66(3,4)5)61-43-53(33-34-58(61)71(64)57-26-16-17-27-60(57)72(62)51-24-14-11-15-25-51)74-59-35-28-49(48-22-12-10-13-23-48)42-55(59)67(6)36-18-20-38-69(67,74)8/h10-17,22-35,40-45H,18-21,36-39H2,1-9H3. The van der Waals surface area contributed by atoms with Gasteiger partial charge in [0.1, 0.15) is 0 Å². The Morgan fingerprint density at radius 3 is 1.68 bits per heavy atom. The fourth-order valence-corrected chi connectivity index (χ4v) is 16.0. The van der Waals surface area contributed by atoms with E-state index in [0.29, 0.717) is 0 Å². The van der Waals surface area contributed by atoms with Gasteiger partial charge in [-0.25, -0.2) is 0 Å². The zero-order valence-corrected chi connectivity index (χ0v) is 45.7. The molecule has 0 bridgehead atoms. The van der Waals surface area contributed by atoms with Crippen molar-refractivity contribution in [1.29, 1.82) is 0 Å². The van der Waals surface area contributed by atoms with Crippen molar-refractivity contribution < 1.29 is 0 Å². The second-order valence-electron chi connectivity index (χ2n) is 25.3. The summed E-state index contributed by atoms with van der Waals surface area (Å²) in [5.41, 5.74) is 26.2. The maximum Gasteiger partial charge on any atom is 0.252 e. The molecule has 0 saturated heterocycles. The molecule has 374 valence electrons. The van der Waals surface area contributed by atoms with Crippen molar-refractivity contribution in [3.8, 4) is 11.1 Å². The molecule has 4 nitrogen and oxygen atoms in total. The van der Waals surface area contributed by atoms with Gasteiger partial charge in [0.2, 0.25) is 0 Å². The van der Waals surface area contributed by atoms with Crippen LogP contribution in [0.5, 0.6) is 0 Å². The van der Waals surface area contributed by atoms with Gasteiger partial charge in [-0.2, -0.15) is 0 Å². The molecule has 4 atom stereocenters. The number of rotatable bonds is 5. The summed E-state index contributed by atoms with van der Waals surface area (Å²) in [6.07, 6.45) is 9.61. The number of aryl methyl sites for hydroxylation is 2. The average molecular weight is 979 g/mol. The van der Waals surface area contributed by atoms with E-state index in [1.807, 2.05) is 0 Å². The lowest BCUT2D eigenvalue weighted by molar-refractivity contribution is 0.195. The molecule has 0 radical (unpaired) electrons. The Morgan fingerprint density at radius 2 is 0.987 bits per heavy atom. The molecule has 6 aliphatic rings. The van der Waals surface area contributed by atoms with Gasteiger partial charge >= 0.3 is 0 Å². The third kappa shape index (κ3) is 6.42. The Kier molecular flexibility index (Phi) is 10.1. The highest BCUT2D eigenvalue weighted by Gasteiger charge is 2.60. The van der Waals surface area contributed by atoms with Crippen LogP contribution in [0.25, 0.3) is 11.1 Å². The van der Waals surface area contributed by atoms with Crippen molar-refractivity contribution in [2.75, 3.05) is 19.6 Å². The molecule has 4 aliphatic heterocycles. The van der Waals surface area contributed by atoms with E-state index in [4.69, 9.17) is 0 Å². The van der Waals surface area contributed by atoms with Gasteiger partial charge in [-0.3, -0.25) is 0 Å². The molecule has 8 aromatic carbocycles. The first-order valence-corrected chi connectivity index (χ1v) is 28.2. The molecule has 0 amide bonds. The molecular weight excluding hydrogens is 908 g/mol. The first kappa shape index (κ1) is 46.5. The SMILES string of the molecule is Cc1cc(C)c2c(c1)C1(C)CCCCC1(C)N2c1cc2c3c(c1)N(c1ccc(C(C)(C)C)cc1)c1cc(N4c5ccc(-c6ccccc6)cc5C5(C)CCCCC45C)ccc1B3c1ccccc1N2c1ccccc1. The lowest BCUT2D eigenvalue weighted by Gasteiger charge is -2.51. The Hall–Kier alpha value is -6.98. The molecule has 75 heavy (non-hydrogen) atoms. The molecule has 4 heterocycles. The predicted octanol–water partition coefficient (Wildman–Crippen LogP) is 16.8. The van der Waals surface area contributed by atoms with Crippen LogP contribution in [0.4, 0.5) is 56.9 Å². The number of hydrogen-bond donors (Lipinski definition) is 0. The third-order valence-electron chi connectivity index (χ3n) is 20.2. The summed E-state index contributed by atoms with van der Waals surface area (Å²) in [5, 5.41) is 0. The topological polar surface area (TPSA) is 13.0 Å². The monoisotopic (exact) mass is 979 g/mol. The Bertz CT molecular complexity index is 3620. The van der Waals surface area contributed by atoms with Crippen molar-refractivity contribution in [2.24, 2.45) is 0 Å². The second kappa shape index (κ2) is 16.3. The van der Waals surface area contributed by atoms with Gasteiger partial charge in [0.15, 0.2) is 0 Å². The summed E-state index contributed by atoms with van der Waals surface area (Å²) in [6, 6.07) is 66.2. The van der Waals surface area contributed by atoms with E-state index in [0.717, 1.165) is 12.8 Å². The zero-order valence-electron chi connectivity index (χ0n) is 45.7. The molecule has 0 aromatic heterocycles. The van der Waals surface area contributed by atoms with Crippen LogP contribution in [0.2, 0.25) is 0 Å². The quantitative estimate of drug-likeness (QED) is 0.159. The van der Waals surface area contributed by atoms with E-state index in [2.05, 4.69) is 252 Å². The fourth-order valence-electron chi connectivity index (χ4n) is 16.0. The first-order valence-electron chi connectivity index (χ1n) is 28.2. The maximum atomic E-state index is 2.84. The van der Waals surface area contributed by atoms with Crippen molar-refractivity contribution in [3.05, 3.63) is 198 Å². The van der Waals surface area contributed by atoms with Crippen molar-refractivity contribution in [1.82, 2.24) is 0 Å². The molecule has 14 rings (SSSR count). The van der Waals surface area contributed by atoms with Crippen LogP contribution in [-0.2, 0) is 16.2 Å². The third-order valence-corrected chi connectivity index (χ3v) is 20.2. The predicted molar refractivity (Wildman–Crippen MR) is 320 cm³/mol. The van der Waals surface area contributed by atoms with E-state index < -0.39 is 0 Å². The Morgan fingerprint density at radius 1 is 0.427 bits per heavy atom. The summed E-state index contributed by atoms with van der Waals surface area (Å²) in [4.78, 5) is 10.9. The maximum absolute atomic E-state index is 2.84. The second-order valence-corrected chi connectivity index (χ2v) is 25.3. The van der Waals surface area contributed by atoms with Crippen LogP contribution in [0.15, 0.2) is 170 Å². The molecular formula is C70H71BN4. The summed E-state index contributed by atoms with van der Waals surface area (Å²) in [5.74, 6) is 0. The van der Waals surface area contributed by atoms with Crippen molar-refractivity contribution >= 4 is 80.0 Å². The van der Waals surface area contributed by atoms with Crippen LogP contribution >= 0.6 is 0 Å². The van der Waals surface area contributed by atoms with E-state index in [1.54, 1.807) is 0 Å². The van der Waals surface area contributed by atoms with Crippen LogP contribution in [0, 0.1) is 13.8 Å². The minimum atomic E-state index is -0.124. The van der Waals surface area contributed by atoms with Gasteiger partial charge in [0.25, 0.3) is 6.71 Å². The van der Waals surface area contributed by atoms with Gasteiger partial charge in [-0.15, -0.1) is 0 Å². The van der Waals surface area contributed by atoms with Crippen LogP contribution in [0.1, 0.15) is 128 Å². The minimum Gasteiger partial charge on any atom is -0.334 e. The van der Waals surface area contributed by atoms with Crippen LogP contribution in [-0.4, -0.2) is 17.8 Å². The molecule has 2 aliphatic carbocycles. The van der Waals surface area contributed by atoms with E-state index in [-0.39, 0.29) is 34.0 Å². The highest BCUT2D eigenvalue weighted by Crippen LogP contribution is 2.64. The molecule has 5 heteroatoms. The average Bonchev–Trinajstić information content (AvgIpc) is 3.89. The minimum absolute atomic E-state index is 0.000330. The van der Waals surface area contributed by atoms with Gasteiger partial charge in [0, 0.05) is 67.7 Å². The molecule has 4 unspecified atom stereocenters. The van der Waals surface area contributed by atoms with E-state index >= 15 is 0 Å². The molecule has 0 spiro atoms. The van der Waals surface area contributed by atoms with Crippen molar-refractivity contribution in [2.45, 2.75) is 141 Å². The number of para-hydroxylation sites is 2. The normalized spacial score (nSPS) is 24.0.